The van der Waals surface area contributed by atoms with Crippen molar-refractivity contribution in [3.63, 3.8) is 0 Å². The molecule has 1 aliphatic heterocycles. The van der Waals surface area contributed by atoms with Gasteiger partial charge in [0.1, 0.15) is 0 Å². The number of nitrogens with one attached hydrogen (secondary N) is 1. The molecule has 3 rings (SSSR count). The number of amides is 2. The van der Waals surface area contributed by atoms with E-state index in [1.54, 1.807) is 49.1 Å². The molecule has 7 heteroatoms. The van der Waals surface area contributed by atoms with Gasteiger partial charge < -0.3 is 15.0 Å². The minimum absolute atomic E-state index is 0.0203. The molecule has 1 aliphatic rings. The maximum Gasteiger partial charge on any atom is 0.336 e. The Hall–Kier alpha value is -3.12. The summed E-state index contributed by atoms with van der Waals surface area (Å²) in [5, 5.41) is 3.46. The van der Waals surface area contributed by atoms with Crippen LogP contribution < -0.4 is 5.32 Å². The van der Waals surface area contributed by atoms with Crippen molar-refractivity contribution in [2.75, 3.05) is 6.61 Å². The van der Waals surface area contributed by atoms with Gasteiger partial charge in [-0.15, -0.1) is 0 Å². The van der Waals surface area contributed by atoms with Crippen LogP contribution in [0.1, 0.15) is 61.5 Å². The zero-order valence-electron chi connectivity index (χ0n) is 19.4. The van der Waals surface area contributed by atoms with Crippen molar-refractivity contribution in [1.29, 1.82) is 0 Å². The maximum atomic E-state index is 13.2. The topological polar surface area (TPSA) is 75.7 Å². The molecular weight excluding hydrogens is 440 g/mol. The summed E-state index contributed by atoms with van der Waals surface area (Å²) >= 11 is 6.03. The lowest BCUT2D eigenvalue weighted by atomic mass is 9.83. The van der Waals surface area contributed by atoms with Crippen LogP contribution >= 0.6 is 11.6 Å². The Morgan fingerprint density at radius 2 is 1.88 bits per heavy atom. The molecule has 0 spiro atoms. The van der Waals surface area contributed by atoms with Crippen molar-refractivity contribution in [3.8, 4) is 0 Å². The lowest BCUT2D eigenvalue weighted by Gasteiger charge is -2.34. The molecule has 0 radical (unpaired) electrons. The number of allylic oxidation sites excluding steroid dienone is 1. The predicted octanol–water partition coefficient (Wildman–Crippen LogP) is 4.83. The molecule has 1 N–H and O–H groups in total. The van der Waals surface area contributed by atoms with E-state index in [1.165, 1.54) is 0 Å². The van der Waals surface area contributed by atoms with Crippen LogP contribution in [-0.2, 0) is 20.9 Å². The van der Waals surface area contributed by atoms with Gasteiger partial charge in [0.15, 0.2) is 0 Å². The second-order valence-electron chi connectivity index (χ2n) is 8.34. The number of nitrogens with zero attached hydrogens (tertiary/aromatic N) is 1. The molecule has 1 unspecified atom stereocenters. The summed E-state index contributed by atoms with van der Waals surface area (Å²) in [6.07, 6.45) is 0.140. The van der Waals surface area contributed by atoms with Crippen molar-refractivity contribution in [2.24, 2.45) is 0 Å². The summed E-state index contributed by atoms with van der Waals surface area (Å²) in [5.74, 6) is -1.11. The summed E-state index contributed by atoms with van der Waals surface area (Å²) in [6.45, 7) is 7.81. The van der Waals surface area contributed by atoms with Gasteiger partial charge in [0.05, 0.1) is 18.7 Å². The van der Waals surface area contributed by atoms with Crippen LogP contribution in [-0.4, -0.2) is 35.3 Å². The lowest BCUT2D eigenvalue weighted by molar-refractivity contribution is -0.140. The molecule has 0 saturated carbocycles. The minimum atomic E-state index is -0.433. The molecule has 0 fully saturated rings. The van der Waals surface area contributed by atoms with Crippen molar-refractivity contribution >= 4 is 29.4 Å². The number of ether oxygens (including phenoxy) is 1. The van der Waals surface area contributed by atoms with Crippen LogP contribution in [0.15, 0.2) is 59.8 Å². The van der Waals surface area contributed by atoms with E-state index in [0.717, 1.165) is 11.1 Å². The van der Waals surface area contributed by atoms with Crippen LogP contribution in [0.5, 0.6) is 0 Å². The number of hydrogen-bond acceptors (Lipinski definition) is 4. The first kappa shape index (κ1) is 24.5. The summed E-state index contributed by atoms with van der Waals surface area (Å²) in [5.41, 5.74) is 3.18. The van der Waals surface area contributed by atoms with Crippen molar-refractivity contribution in [3.05, 3.63) is 81.5 Å². The second-order valence-corrected chi connectivity index (χ2v) is 8.77. The van der Waals surface area contributed by atoms with Gasteiger partial charge in [0.25, 0.3) is 5.91 Å². The molecule has 0 saturated heterocycles. The Morgan fingerprint density at radius 3 is 2.52 bits per heavy atom. The highest BCUT2D eigenvalue weighted by molar-refractivity contribution is 6.30. The van der Waals surface area contributed by atoms with Crippen LogP contribution in [0.4, 0.5) is 0 Å². The largest absolute Gasteiger partial charge is 0.463 e. The van der Waals surface area contributed by atoms with E-state index in [9.17, 15) is 14.4 Å². The molecule has 2 amide bonds. The van der Waals surface area contributed by atoms with E-state index >= 15 is 0 Å². The Bertz CT molecular complexity index is 1080. The number of hydrogen-bond donors (Lipinski definition) is 1. The molecule has 1 atom stereocenters. The van der Waals surface area contributed by atoms with E-state index < -0.39 is 11.9 Å². The molecule has 2 aromatic rings. The molecule has 6 nitrogen and oxygen atoms in total. The number of carbonyl (C=O) groups excluding carboxylic acids is 3. The van der Waals surface area contributed by atoms with Gasteiger partial charge in [-0.25, -0.2) is 4.79 Å². The summed E-state index contributed by atoms with van der Waals surface area (Å²) in [7, 11) is 0. The highest BCUT2D eigenvalue weighted by Crippen LogP contribution is 2.38. The summed E-state index contributed by atoms with van der Waals surface area (Å²) < 4.78 is 5.33. The van der Waals surface area contributed by atoms with Gasteiger partial charge in [0.2, 0.25) is 5.91 Å². The van der Waals surface area contributed by atoms with Crippen LogP contribution in [0.25, 0.3) is 0 Å². The number of esters is 1. The van der Waals surface area contributed by atoms with Gasteiger partial charge in [-0.05, 0) is 63.1 Å². The first-order chi connectivity index (χ1) is 15.7. The maximum absolute atomic E-state index is 13.2. The van der Waals surface area contributed by atoms with Crippen molar-refractivity contribution in [1.82, 2.24) is 10.2 Å². The molecule has 0 bridgehead atoms. The molecule has 0 aromatic heterocycles. The fourth-order valence-corrected chi connectivity index (χ4v) is 4.12. The number of carbonyl (C=O) groups is 3. The molecule has 174 valence electrons. The van der Waals surface area contributed by atoms with Gasteiger partial charge in [0, 0.05) is 34.7 Å². The van der Waals surface area contributed by atoms with Gasteiger partial charge in [-0.2, -0.15) is 0 Å². The predicted molar refractivity (Wildman–Crippen MR) is 128 cm³/mol. The molecule has 33 heavy (non-hydrogen) atoms. The average Bonchev–Trinajstić information content (AvgIpc) is 2.76. The van der Waals surface area contributed by atoms with Gasteiger partial charge in [-0.1, -0.05) is 35.9 Å². The van der Waals surface area contributed by atoms with Gasteiger partial charge >= 0.3 is 5.97 Å². The molecule has 1 heterocycles. The first-order valence-corrected chi connectivity index (χ1v) is 11.4. The summed E-state index contributed by atoms with van der Waals surface area (Å²) in [4.78, 5) is 40.1. The van der Waals surface area contributed by atoms with E-state index in [0.29, 0.717) is 21.9 Å². The SMILES string of the molecule is CCOC(=O)C1=C(C)N(Cc2cccc(C(=O)NC(C)C)c2)C(=O)CC1c1ccc(Cl)cc1. The Balaban J connectivity index is 1.96. The van der Waals surface area contributed by atoms with Crippen molar-refractivity contribution < 1.29 is 19.1 Å². The molecule has 0 aliphatic carbocycles. The standard InChI is InChI=1S/C26H29ClN2O4/c1-5-33-26(32)24-17(4)29(23(30)14-22(24)19-9-11-21(27)12-10-19)15-18-7-6-8-20(13-18)25(31)28-16(2)3/h6-13,16,22H,5,14-15H2,1-4H3,(H,28,31). The Kier molecular flexibility index (Phi) is 7.92. The number of halogens is 1. The fraction of sp³-hybridized carbons (Fsp3) is 0.346. The van der Waals surface area contributed by atoms with Crippen molar-refractivity contribution in [2.45, 2.75) is 52.6 Å². The fourth-order valence-electron chi connectivity index (χ4n) is 4.00. The van der Waals surface area contributed by atoms with Crippen LogP contribution in [0, 0.1) is 0 Å². The normalized spacial score (nSPS) is 16.2. The monoisotopic (exact) mass is 468 g/mol. The second kappa shape index (κ2) is 10.7. The van der Waals surface area contributed by atoms with E-state index in [4.69, 9.17) is 16.3 Å². The van der Waals surface area contributed by atoms with E-state index in [2.05, 4.69) is 5.32 Å². The molecule has 2 aromatic carbocycles. The lowest BCUT2D eigenvalue weighted by Crippen LogP contribution is -2.38. The van der Waals surface area contributed by atoms with Crippen LogP contribution in [0.2, 0.25) is 5.02 Å². The number of benzene rings is 2. The highest BCUT2D eigenvalue weighted by atomic mass is 35.5. The van der Waals surface area contributed by atoms with E-state index in [1.807, 2.05) is 32.0 Å². The van der Waals surface area contributed by atoms with Gasteiger partial charge in [-0.3, -0.25) is 9.59 Å². The average molecular weight is 469 g/mol. The van der Waals surface area contributed by atoms with Crippen LogP contribution in [0.3, 0.4) is 0 Å². The minimum Gasteiger partial charge on any atom is -0.463 e. The highest BCUT2D eigenvalue weighted by Gasteiger charge is 2.36. The summed E-state index contributed by atoms with van der Waals surface area (Å²) in [6, 6.07) is 14.4. The first-order valence-electron chi connectivity index (χ1n) is 11.0. The van der Waals surface area contributed by atoms with E-state index in [-0.39, 0.29) is 37.4 Å². The third-order valence-electron chi connectivity index (χ3n) is 5.54. The Labute approximate surface area is 199 Å². The molecular formula is C26H29ClN2O4. The number of rotatable bonds is 7. The smallest absolute Gasteiger partial charge is 0.336 e. The zero-order chi connectivity index (χ0) is 24.1. The quantitative estimate of drug-likeness (QED) is 0.590. The third kappa shape index (κ3) is 5.82. The third-order valence-corrected chi connectivity index (χ3v) is 5.79. The Morgan fingerprint density at radius 1 is 1.18 bits per heavy atom. The zero-order valence-corrected chi connectivity index (χ0v) is 20.1.